The number of benzene rings is 2. The van der Waals surface area contributed by atoms with Crippen LogP contribution in [-0.2, 0) is 12.7 Å². The Hall–Kier alpha value is -3.06. The molecular formula is C21H16ClF3N2O2. The number of halogens is 4. The molecule has 3 rings (SSSR count). The number of nitrogens with one attached hydrogen (secondary N) is 1. The van der Waals surface area contributed by atoms with Crippen LogP contribution < -0.4 is 10.5 Å². The maximum Gasteiger partial charge on any atom is 0.416 e. The Morgan fingerprint density at radius 2 is 1.83 bits per heavy atom. The van der Waals surface area contributed by atoms with Crippen molar-refractivity contribution in [2.45, 2.75) is 19.6 Å². The summed E-state index contributed by atoms with van der Waals surface area (Å²) >= 11 is 6.18. The number of hydrogen-bond donors (Lipinski definition) is 1. The molecule has 0 spiro atoms. The zero-order valence-electron chi connectivity index (χ0n) is 15.3. The van der Waals surface area contributed by atoms with E-state index in [0.717, 1.165) is 17.0 Å². The number of H-pyrrole nitrogens is 1. The quantitative estimate of drug-likeness (QED) is 0.630. The van der Waals surface area contributed by atoms with Crippen molar-refractivity contribution >= 4 is 23.2 Å². The molecule has 0 saturated carbocycles. The molecule has 2 aromatic carbocycles. The zero-order valence-corrected chi connectivity index (χ0v) is 16.0. The van der Waals surface area contributed by atoms with Gasteiger partial charge in [-0.2, -0.15) is 13.2 Å². The first-order valence-electron chi connectivity index (χ1n) is 8.58. The number of alkyl halides is 3. The Bertz CT molecular complexity index is 1110. The fraction of sp³-hybridized carbons (Fsp3) is 0.143. The van der Waals surface area contributed by atoms with E-state index in [-0.39, 0.29) is 17.8 Å². The third kappa shape index (κ3) is 4.68. The monoisotopic (exact) mass is 420 g/mol. The van der Waals surface area contributed by atoms with Gasteiger partial charge in [0.25, 0.3) is 11.5 Å². The number of hydrogen-bond acceptors (Lipinski definition) is 2. The van der Waals surface area contributed by atoms with Crippen LogP contribution in [0.1, 0.15) is 27.0 Å². The minimum absolute atomic E-state index is 0.00523. The summed E-state index contributed by atoms with van der Waals surface area (Å²) in [7, 11) is 0. The van der Waals surface area contributed by atoms with Crippen molar-refractivity contribution in [1.82, 2.24) is 4.98 Å². The van der Waals surface area contributed by atoms with Gasteiger partial charge < -0.3 is 9.88 Å². The van der Waals surface area contributed by atoms with Crippen LogP contribution in [-0.4, -0.2) is 10.9 Å². The van der Waals surface area contributed by atoms with Gasteiger partial charge in [0.1, 0.15) is 5.56 Å². The van der Waals surface area contributed by atoms with E-state index in [1.54, 1.807) is 31.2 Å². The van der Waals surface area contributed by atoms with Gasteiger partial charge in [-0.3, -0.25) is 9.59 Å². The molecule has 0 aliphatic carbocycles. The van der Waals surface area contributed by atoms with Crippen molar-refractivity contribution < 1.29 is 18.0 Å². The number of nitrogens with zero attached hydrogens (tertiary/aromatic N) is 1. The topological polar surface area (TPSA) is 53.2 Å². The number of amides is 1. The van der Waals surface area contributed by atoms with Gasteiger partial charge in [0.2, 0.25) is 0 Å². The molecule has 1 aromatic heterocycles. The molecule has 8 heteroatoms. The largest absolute Gasteiger partial charge is 0.416 e. The Kier molecular flexibility index (Phi) is 5.79. The van der Waals surface area contributed by atoms with Gasteiger partial charge in [0.05, 0.1) is 12.1 Å². The molecule has 0 unspecified atom stereocenters. The van der Waals surface area contributed by atoms with Crippen molar-refractivity contribution in [3.63, 3.8) is 0 Å². The van der Waals surface area contributed by atoms with Crippen LogP contribution in [0.4, 0.5) is 18.9 Å². The summed E-state index contributed by atoms with van der Waals surface area (Å²) in [5.74, 6) is -0.728. The zero-order chi connectivity index (χ0) is 21.2. The summed E-state index contributed by atoms with van der Waals surface area (Å²) in [6.45, 7) is 1.59. The number of pyridine rings is 1. The lowest BCUT2D eigenvalue weighted by molar-refractivity contribution is -0.137. The highest BCUT2D eigenvalue weighted by Gasteiger charge is 2.31. The molecule has 29 heavy (non-hydrogen) atoms. The Morgan fingerprint density at radius 1 is 1.10 bits per heavy atom. The number of carbonyl (C=O) groups excluding carboxylic acids is 1. The molecule has 0 aliphatic heterocycles. The first-order valence-corrected chi connectivity index (χ1v) is 8.96. The Morgan fingerprint density at radius 3 is 2.52 bits per heavy atom. The lowest BCUT2D eigenvalue weighted by atomic mass is 10.1. The number of aryl methyl sites for hydroxylation is 1. The number of aromatic nitrogens is 1. The van der Waals surface area contributed by atoms with Crippen LogP contribution in [0.2, 0.25) is 5.02 Å². The van der Waals surface area contributed by atoms with E-state index in [0.29, 0.717) is 16.1 Å². The molecule has 0 fully saturated rings. The molecule has 4 nitrogen and oxygen atoms in total. The molecule has 0 bridgehead atoms. The Balaban J connectivity index is 2.12. The van der Waals surface area contributed by atoms with Crippen LogP contribution in [0, 0.1) is 6.92 Å². The second kappa shape index (κ2) is 8.13. The van der Waals surface area contributed by atoms with Gasteiger partial charge in [-0.1, -0.05) is 35.9 Å². The first kappa shape index (κ1) is 20.7. The number of carbonyl (C=O) groups is 1. The lowest BCUT2D eigenvalue weighted by Gasteiger charge is -2.24. The molecule has 0 aliphatic rings. The summed E-state index contributed by atoms with van der Waals surface area (Å²) in [6, 6.07) is 12.5. The van der Waals surface area contributed by atoms with Crippen molar-refractivity contribution in [3.8, 4) is 0 Å². The average molecular weight is 421 g/mol. The predicted octanol–water partition coefficient (Wildman–Crippen LogP) is 5.20. The molecule has 0 radical (unpaired) electrons. The lowest BCUT2D eigenvalue weighted by Crippen LogP contribution is -2.34. The van der Waals surface area contributed by atoms with E-state index in [4.69, 9.17) is 11.6 Å². The van der Waals surface area contributed by atoms with Gasteiger partial charge in [0.15, 0.2) is 0 Å². The molecule has 1 amide bonds. The van der Waals surface area contributed by atoms with Crippen LogP contribution in [0.5, 0.6) is 0 Å². The molecule has 1 N–H and O–H groups in total. The van der Waals surface area contributed by atoms with Crippen LogP contribution in [0.3, 0.4) is 0 Å². The summed E-state index contributed by atoms with van der Waals surface area (Å²) < 4.78 is 39.6. The van der Waals surface area contributed by atoms with Crippen LogP contribution >= 0.6 is 11.6 Å². The maximum atomic E-state index is 13.2. The van der Waals surface area contributed by atoms with Gasteiger partial charge in [-0.15, -0.1) is 0 Å². The van der Waals surface area contributed by atoms with E-state index in [1.165, 1.54) is 24.4 Å². The number of aromatic amines is 1. The standard InChI is InChI=1S/C21H16ClF3N2O2/c1-13-9-17(19(28)26-11-13)20(29)27(12-14-5-2-3-8-18(14)22)16-7-4-6-15(10-16)21(23,24)25/h2-11H,12H2,1H3,(H,26,28). The predicted molar refractivity (Wildman–Crippen MR) is 105 cm³/mol. The van der Waals surface area contributed by atoms with Gasteiger partial charge >= 0.3 is 6.18 Å². The molecule has 0 atom stereocenters. The minimum atomic E-state index is -4.57. The van der Waals surface area contributed by atoms with Gasteiger partial charge in [0, 0.05) is 16.9 Å². The third-order valence-electron chi connectivity index (χ3n) is 4.29. The SMILES string of the molecule is Cc1c[nH]c(=O)c(C(=O)N(Cc2ccccc2Cl)c2cccc(C(F)(F)F)c2)c1. The average Bonchev–Trinajstić information content (AvgIpc) is 2.68. The van der Waals surface area contributed by atoms with Crippen molar-refractivity contribution in [2.24, 2.45) is 0 Å². The third-order valence-corrected chi connectivity index (χ3v) is 4.66. The smallest absolute Gasteiger partial charge is 0.328 e. The molecular weight excluding hydrogens is 405 g/mol. The van der Waals surface area contributed by atoms with E-state index >= 15 is 0 Å². The molecule has 3 aromatic rings. The highest BCUT2D eigenvalue weighted by molar-refractivity contribution is 6.31. The molecule has 1 heterocycles. The number of rotatable bonds is 4. The highest BCUT2D eigenvalue weighted by Crippen LogP contribution is 2.32. The van der Waals surface area contributed by atoms with Gasteiger partial charge in [-0.05, 0) is 48.4 Å². The van der Waals surface area contributed by atoms with E-state index in [1.807, 2.05) is 0 Å². The van der Waals surface area contributed by atoms with E-state index < -0.39 is 23.2 Å². The normalized spacial score (nSPS) is 11.3. The van der Waals surface area contributed by atoms with E-state index in [9.17, 15) is 22.8 Å². The molecule has 150 valence electrons. The number of anilines is 1. The maximum absolute atomic E-state index is 13.2. The van der Waals surface area contributed by atoms with Crippen molar-refractivity contribution in [1.29, 1.82) is 0 Å². The van der Waals surface area contributed by atoms with Crippen molar-refractivity contribution in [3.05, 3.63) is 98.4 Å². The summed E-state index contributed by atoms with van der Waals surface area (Å²) in [5, 5.41) is 0.357. The van der Waals surface area contributed by atoms with Crippen LogP contribution in [0.25, 0.3) is 0 Å². The summed E-state index contributed by atoms with van der Waals surface area (Å²) in [6.07, 6.45) is -3.13. The van der Waals surface area contributed by atoms with Crippen LogP contribution in [0.15, 0.2) is 65.6 Å². The Labute approximate surface area is 169 Å². The second-order valence-electron chi connectivity index (χ2n) is 6.45. The second-order valence-corrected chi connectivity index (χ2v) is 6.86. The summed E-state index contributed by atoms with van der Waals surface area (Å²) in [4.78, 5) is 28.9. The fourth-order valence-corrected chi connectivity index (χ4v) is 3.02. The molecule has 0 saturated heterocycles. The van der Waals surface area contributed by atoms with E-state index in [2.05, 4.69) is 4.98 Å². The highest BCUT2D eigenvalue weighted by atomic mass is 35.5. The fourth-order valence-electron chi connectivity index (χ4n) is 2.82. The summed E-state index contributed by atoms with van der Waals surface area (Å²) in [5.41, 5.74) is -0.527. The first-order chi connectivity index (χ1) is 13.7. The van der Waals surface area contributed by atoms with Gasteiger partial charge in [-0.25, -0.2) is 0 Å². The van der Waals surface area contributed by atoms with Crippen molar-refractivity contribution in [2.75, 3.05) is 4.90 Å². The minimum Gasteiger partial charge on any atom is -0.328 e.